The average Bonchev–Trinajstić information content (AvgIpc) is 3.17. The van der Waals surface area contributed by atoms with Gasteiger partial charge in [0, 0.05) is 53.8 Å². The molecule has 1 aliphatic heterocycles. The van der Waals surface area contributed by atoms with Crippen LogP contribution in [0.15, 0.2) is 40.4 Å². The van der Waals surface area contributed by atoms with Crippen molar-refractivity contribution >= 4 is 49.9 Å². The minimum atomic E-state index is -0.157. The first-order chi connectivity index (χ1) is 17.0. The summed E-state index contributed by atoms with van der Waals surface area (Å²) in [5.74, 6) is 8.84. The quantitative estimate of drug-likeness (QED) is 0.174. The monoisotopic (exact) mass is 510 g/mol. The topological polar surface area (TPSA) is 89.5 Å². The van der Waals surface area contributed by atoms with Crippen molar-refractivity contribution in [3.05, 3.63) is 51.3 Å². The average molecular weight is 511 g/mol. The van der Waals surface area contributed by atoms with Crippen LogP contribution in [0.4, 0.5) is 5.82 Å². The van der Waals surface area contributed by atoms with Crippen LogP contribution in [0.2, 0.25) is 0 Å². The van der Waals surface area contributed by atoms with E-state index >= 15 is 0 Å². The fourth-order valence-corrected chi connectivity index (χ4v) is 6.53. The maximum absolute atomic E-state index is 12.7. The van der Waals surface area contributed by atoms with E-state index in [4.69, 9.17) is 10.6 Å². The molecule has 3 aromatic heterocycles. The van der Waals surface area contributed by atoms with Gasteiger partial charge in [-0.25, -0.2) is 14.6 Å². The van der Waals surface area contributed by atoms with E-state index in [1.165, 1.54) is 4.68 Å². The first-order valence-electron chi connectivity index (χ1n) is 11.8. The largest absolute Gasteiger partial charge is 0.496 e. The molecule has 5 rings (SSSR count). The molecule has 2 N–H and O–H groups in total. The van der Waals surface area contributed by atoms with Gasteiger partial charge in [0.2, 0.25) is 0 Å². The zero-order valence-electron chi connectivity index (χ0n) is 20.3. The SMILES string of the molecule is COc1cccc2c(N3CCN(CCCSc4nc5sc(C)c(C)c5c(=O)n4N)CC3)nccc12. The highest BCUT2D eigenvalue weighted by atomic mass is 32.2. The minimum absolute atomic E-state index is 0.157. The highest BCUT2D eigenvalue weighted by Crippen LogP contribution is 2.31. The molecule has 0 bridgehead atoms. The standard InChI is InChI=1S/C25H30N6O2S2/c1-16-17(2)35-23-21(16)24(32)31(26)25(28-23)34-15-5-10-29-11-13-30(14-12-29)22-19-6-4-7-20(33-3)18(19)8-9-27-22/h4,6-9H,5,10-15,26H2,1-3H3. The normalized spacial score (nSPS) is 14.8. The van der Waals surface area contributed by atoms with Gasteiger partial charge in [0.1, 0.15) is 16.4 Å². The van der Waals surface area contributed by atoms with Gasteiger partial charge in [0.05, 0.1) is 12.5 Å². The lowest BCUT2D eigenvalue weighted by atomic mass is 10.1. The zero-order valence-corrected chi connectivity index (χ0v) is 21.9. The van der Waals surface area contributed by atoms with Gasteiger partial charge in [0.25, 0.3) is 5.56 Å². The predicted molar refractivity (Wildman–Crippen MR) is 146 cm³/mol. The van der Waals surface area contributed by atoms with Gasteiger partial charge in [-0.15, -0.1) is 11.3 Å². The number of nitrogens with zero attached hydrogens (tertiary/aromatic N) is 5. The van der Waals surface area contributed by atoms with E-state index < -0.39 is 0 Å². The van der Waals surface area contributed by atoms with Gasteiger partial charge in [-0.2, -0.15) is 0 Å². The number of ether oxygens (including phenoxy) is 1. The summed E-state index contributed by atoms with van der Waals surface area (Å²) in [6.45, 7) is 8.84. The lowest BCUT2D eigenvalue weighted by Gasteiger charge is -2.35. The van der Waals surface area contributed by atoms with Crippen LogP contribution in [0.3, 0.4) is 0 Å². The summed E-state index contributed by atoms with van der Waals surface area (Å²) in [4.78, 5) is 28.8. The molecule has 35 heavy (non-hydrogen) atoms. The third kappa shape index (κ3) is 4.57. The highest BCUT2D eigenvalue weighted by molar-refractivity contribution is 7.99. The highest BCUT2D eigenvalue weighted by Gasteiger charge is 2.20. The summed E-state index contributed by atoms with van der Waals surface area (Å²) in [7, 11) is 1.71. The van der Waals surface area contributed by atoms with Crippen molar-refractivity contribution in [2.24, 2.45) is 0 Å². The maximum Gasteiger partial charge on any atom is 0.281 e. The number of aromatic nitrogens is 3. The van der Waals surface area contributed by atoms with E-state index in [0.29, 0.717) is 10.5 Å². The molecule has 4 aromatic rings. The zero-order chi connectivity index (χ0) is 24.5. The summed E-state index contributed by atoms with van der Waals surface area (Å²) in [5.41, 5.74) is 0.824. The van der Waals surface area contributed by atoms with E-state index in [1.807, 2.05) is 38.2 Å². The number of anilines is 1. The number of hydrogen-bond donors (Lipinski definition) is 1. The molecule has 0 unspecified atom stereocenters. The number of nitrogens with two attached hydrogens (primary N) is 1. The predicted octanol–water partition coefficient (Wildman–Crippen LogP) is 3.65. The van der Waals surface area contributed by atoms with E-state index in [-0.39, 0.29) is 5.56 Å². The second kappa shape index (κ2) is 10.0. The van der Waals surface area contributed by atoms with Crippen LogP contribution in [0, 0.1) is 13.8 Å². The number of methoxy groups -OCH3 is 1. The van der Waals surface area contributed by atoms with E-state index in [1.54, 1.807) is 30.2 Å². The van der Waals surface area contributed by atoms with Gasteiger partial charge < -0.3 is 15.5 Å². The molecule has 0 atom stereocenters. The number of nitrogen functional groups attached to an aromatic ring is 1. The number of hydrogen-bond acceptors (Lipinski definition) is 9. The van der Waals surface area contributed by atoms with Crippen LogP contribution < -0.4 is 21.0 Å². The Morgan fingerprint density at radius 3 is 2.71 bits per heavy atom. The van der Waals surface area contributed by atoms with Crippen molar-refractivity contribution in [1.82, 2.24) is 19.5 Å². The van der Waals surface area contributed by atoms with Crippen molar-refractivity contribution in [2.75, 3.05) is 56.3 Å². The summed E-state index contributed by atoms with van der Waals surface area (Å²) in [5, 5.41) is 3.46. The number of fused-ring (bicyclic) bond motifs is 2. The summed E-state index contributed by atoms with van der Waals surface area (Å²) < 4.78 is 6.73. The smallest absolute Gasteiger partial charge is 0.281 e. The molecule has 0 amide bonds. The second-order valence-electron chi connectivity index (χ2n) is 8.75. The number of piperazine rings is 1. The van der Waals surface area contributed by atoms with Gasteiger partial charge in [0.15, 0.2) is 5.16 Å². The molecule has 1 fully saturated rings. The Balaban J connectivity index is 1.16. The van der Waals surface area contributed by atoms with Crippen molar-refractivity contribution in [3.8, 4) is 5.75 Å². The van der Waals surface area contributed by atoms with Crippen LogP contribution in [-0.2, 0) is 0 Å². The molecule has 8 nitrogen and oxygen atoms in total. The molecule has 1 aromatic carbocycles. The summed E-state index contributed by atoms with van der Waals surface area (Å²) in [6, 6.07) is 8.14. The molecule has 1 saturated heterocycles. The number of thioether (sulfide) groups is 1. The Morgan fingerprint density at radius 2 is 1.94 bits per heavy atom. The molecule has 1 aliphatic rings. The van der Waals surface area contributed by atoms with E-state index in [9.17, 15) is 4.79 Å². The Labute approximate surface area is 212 Å². The van der Waals surface area contributed by atoms with Crippen molar-refractivity contribution in [2.45, 2.75) is 25.4 Å². The fraction of sp³-hybridized carbons (Fsp3) is 0.400. The van der Waals surface area contributed by atoms with Gasteiger partial charge in [-0.05, 0) is 44.5 Å². The third-order valence-corrected chi connectivity index (χ3v) is 8.83. The minimum Gasteiger partial charge on any atom is -0.496 e. The number of benzene rings is 1. The van der Waals surface area contributed by atoms with E-state index in [2.05, 4.69) is 25.8 Å². The lowest BCUT2D eigenvalue weighted by Crippen LogP contribution is -2.47. The second-order valence-corrected chi connectivity index (χ2v) is 11.0. The fourth-order valence-electron chi connectivity index (χ4n) is 4.62. The van der Waals surface area contributed by atoms with Crippen LogP contribution in [0.5, 0.6) is 5.75 Å². The Morgan fingerprint density at radius 1 is 1.14 bits per heavy atom. The molecule has 184 valence electrons. The lowest BCUT2D eigenvalue weighted by molar-refractivity contribution is 0.259. The summed E-state index contributed by atoms with van der Waals surface area (Å²) >= 11 is 3.12. The molecular weight excluding hydrogens is 480 g/mol. The maximum atomic E-state index is 12.7. The molecular formula is C25H30N6O2S2. The van der Waals surface area contributed by atoms with Crippen LogP contribution >= 0.6 is 23.1 Å². The van der Waals surface area contributed by atoms with Gasteiger partial charge in [-0.1, -0.05) is 23.9 Å². The number of pyridine rings is 1. The van der Waals surface area contributed by atoms with E-state index in [0.717, 1.165) is 82.5 Å². The van der Waals surface area contributed by atoms with Crippen molar-refractivity contribution in [1.29, 1.82) is 0 Å². The van der Waals surface area contributed by atoms with Crippen molar-refractivity contribution in [3.63, 3.8) is 0 Å². The first kappa shape index (κ1) is 23.9. The molecule has 0 spiro atoms. The third-order valence-electron chi connectivity index (χ3n) is 6.69. The molecule has 4 heterocycles. The molecule has 0 radical (unpaired) electrons. The molecule has 10 heteroatoms. The van der Waals surface area contributed by atoms with Gasteiger partial charge >= 0.3 is 0 Å². The Bertz CT molecular complexity index is 1430. The first-order valence-corrected chi connectivity index (χ1v) is 13.6. The Kier molecular flexibility index (Phi) is 6.86. The molecule has 0 aliphatic carbocycles. The van der Waals surface area contributed by atoms with Crippen molar-refractivity contribution < 1.29 is 4.74 Å². The van der Waals surface area contributed by atoms with Gasteiger partial charge in [-0.3, -0.25) is 9.69 Å². The number of aryl methyl sites for hydroxylation is 2. The van der Waals surface area contributed by atoms with Crippen LogP contribution in [-0.4, -0.2) is 65.1 Å². The number of rotatable bonds is 7. The Hall–Kier alpha value is -2.82. The molecule has 0 saturated carbocycles. The van der Waals surface area contributed by atoms with Crippen LogP contribution in [0.25, 0.3) is 21.0 Å². The summed E-state index contributed by atoms with van der Waals surface area (Å²) in [6.07, 6.45) is 2.87. The van der Waals surface area contributed by atoms with Crippen LogP contribution in [0.1, 0.15) is 16.9 Å². The number of thiophene rings is 1.